The SMILES string of the molecule is CCC(C)C(=O)O[C@H]1CC=CC2=CC(=O)[C@@H](C)[C@@H](CC[C@@H]3C[C@@H](O)CC(=O)O3)[C@H]21. The second-order valence-corrected chi connectivity index (χ2v) is 8.73. The molecule has 0 saturated carbocycles. The van der Waals surface area contributed by atoms with Crippen LogP contribution in [0.2, 0.25) is 0 Å². The lowest BCUT2D eigenvalue weighted by Gasteiger charge is -2.42. The van der Waals surface area contributed by atoms with E-state index in [1.54, 1.807) is 6.08 Å². The van der Waals surface area contributed by atoms with Gasteiger partial charge < -0.3 is 14.6 Å². The van der Waals surface area contributed by atoms with Crippen LogP contribution < -0.4 is 0 Å². The maximum absolute atomic E-state index is 12.6. The number of hydrogen-bond acceptors (Lipinski definition) is 6. The molecule has 3 aliphatic rings. The van der Waals surface area contributed by atoms with Crippen LogP contribution in [-0.2, 0) is 23.9 Å². The summed E-state index contributed by atoms with van der Waals surface area (Å²) >= 11 is 0. The van der Waals surface area contributed by atoms with E-state index in [9.17, 15) is 19.5 Å². The summed E-state index contributed by atoms with van der Waals surface area (Å²) in [6.07, 6.45) is 7.45. The summed E-state index contributed by atoms with van der Waals surface area (Å²) in [5.41, 5.74) is 0.923. The van der Waals surface area contributed by atoms with E-state index in [2.05, 4.69) is 0 Å². The van der Waals surface area contributed by atoms with Crippen molar-refractivity contribution in [3.8, 4) is 0 Å². The number of fused-ring (bicyclic) bond motifs is 1. The van der Waals surface area contributed by atoms with Crippen molar-refractivity contribution in [2.24, 2.45) is 23.7 Å². The summed E-state index contributed by atoms with van der Waals surface area (Å²) in [5.74, 6) is -0.866. The fourth-order valence-corrected chi connectivity index (χ4v) is 4.69. The molecule has 0 amide bonds. The van der Waals surface area contributed by atoms with E-state index >= 15 is 0 Å². The number of esters is 2. The Morgan fingerprint density at radius 3 is 2.79 bits per heavy atom. The number of carbonyl (C=O) groups is 3. The Bertz CT molecular complexity index is 708. The van der Waals surface area contributed by atoms with Crippen molar-refractivity contribution in [1.29, 1.82) is 0 Å². The highest BCUT2D eigenvalue weighted by molar-refractivity contribution is 5.94. The van der Waals surface area contributed by atoms with E-state index in [1.165, 1.54) is 0 Å². The van der Waals surface area contributed by atoms with Crippen LogP contribution in [0.4, 0.5) is 0 Å². The van der Waals surface area contributed by atoms with Crippen molar-refractivity contribution in [3.05, 3.63) is 23.8 Å². The highest BCUT2D eigenvalue weighted by Gasteiger charge is 2.43. The van der Waals surface area contributed by atoms with Gasteiger partial charge in [0.2, 0.25) is 0 Å². The lowest BCUT2D eigenvalue weighted by molar-refractivity contribution is -0.162. The molecule has 1 heterocycles. The van der Waals surface area contributed by atoms with Crippen LogP contribution in [0.5, 0.6) is 0 Å². The molecule has 0 bridgehead atoms. The Morgan fingerprint density at radius 1 is 1.34 bits per heavy atom. The van der Waals surface area contributed by atoms with Crippen LogP contribution in [0.3, 0.4) is 0 Å². The number of ketones is 1. The smallest absolute Gasteiger partial charge is 0.308 e. The first-order valence-corrected chi connectivity index (χ1v) is 10.8. The monoisotopic (exact) mass is 404 g/mol. The Balaban J connectivity index is 1.75. The maximum atomic E-state index is 12.6. The van der Waals surface area contributed by atoms with E-state index in [4.69, 9.17) is 9.47 Å². The predicted octanol–water partition coefficient (Wildman–Crippen LogP) is 3.13. The minimum absolute atomic E-state index is 0.0000425. The molecule has 160 valence electrons. The summed E-state index contributed by atoms with van der Waals surface area (Å²) in [5, 5.41) is 9.85. The second-order valence-electron chi connectivity index (χ2n) is 8.73. The van der Waals surface area contributed by atoms with Gasteiger partial charge in [0.1, 0.15) is 12.2 Å². The molecule has 1 unspecified atom stereocenters. The molecule has 1 fully saturated rings. The normalized spacial score (nSPS) is 35.4. The molecular formula is C23H32O6. The van der Waals surface area contributed by atoms with Gasteiger partial charge in [0.25, 0.3) is 0 Å². The van der Waals surface area contributed by atoms with Crippen LogP contribution >= 0.6 is 0 Å². The van der Waals surface area contributed by atoms with E-state index in [0.717, 1.165) is 12.0 Å². The highest BCUT2D eigenvalue weighted by Crippen LogP contribution is 2.43. The molecule has 6 heteroatoms. The van der Waals surface area contributed by atoms with Gasteiger partial charge in [-0.1, -0.05) is 32.9 Å². The van der Waals surface area contributed by atoms with Gasteiger partial charge in [0.15, 0.2) is 5.78 Å². The van der Waals surface area contributed by atoms with E-state index < -0.39 is 6.10 Å². The van der Waals surface area contributed by atoms with Crippen molar-refractivity contribution in [2.45, 2.75) is 77.6 Å². The quantitative estimate of drug-likeness (QED) is 0.684. The van der Waals surface area contributed by atoms with Crippen molar-refractivity contribution < 1.29 is 29.0 Å². The third kappa shape index (κ3) is 4.97. The third-order valence-corrected chi connectivity index (χ3v) is 6.66. The summed E-state index contributed by atoms with van der Waals surface area (Å²) < 4.78 is 11.3. The first kappa shape index (κ1) is 21.8. The molecule has 7 atom stereocenters. The number of cyclic esters (lactones) is 1. The third-order valence-electron chi connectivity index (χ3n) is 6.66. The Hall–Kier alpha value is -1.95. The molecule has 1 saturated heterocycles. The number of aliphatic hydroxyl groups is 1. The Kier molecular flexibility index (Phi) is 6.93. The van der Waals surface area contributed by atoms with Crippen molar-refractivity contribution in [1.82, 2.24) is 0 Å². The first-order valence-electron chi connectivity index (χ1n) is 10.8. The number of aliphatic hydroxyl groups excluding tert-OH is 1. The molecule has 0 spiro atoms. The molecule has 3 rings (SSSR count). The molecule has 1 N–H and O–H groups in total. The standard InChI is InChI=1S/C23H32O6/c1-4-13(2)23(27)29-20-7-5-6-15-10-19(25)14(3)18(22(15)20)9-8-17-11-16(24)12-21(26)28-17/h5-6,10,13-14,16-18,20,22,24H,4,7-9,11-12H2,1-3H3/t13?,14-,16+,17+,18+,20-,22-/m0/s1. The molecule has 0 aromatic heterocycles. The van der Waals surface area contributed by atoms with Crippen LogP contribution in [0.1, 0.15) is 59.3 Å². The number of rotatable bonds is 6. The number of carbonyl (C=O) groups excluding carboxylic acids is 3. The van der Waals surface area contributed by atoms with E-state index in [-0.39, 0.29) is 60.0 Å². The summed E-state index contributed by atoms with van der Waals surface area (Å²) in [6, 6.07) is 0. The predicted molar refractivity (Wildman–Crippen MR) is 107 cm³/mol. The van der Waals surface area contributed by atoms with E-state index in [1.807, 2.05) is 32.9 Å². The van der Waals surface area contributed by atoms with Crippen LogP contribution in [0.25, 0.3) is 0 Å². The summed E-state index contributed by atoms with van der Waals surface area (Å²) in [4.78, 5) is 36.6. The lowest BCUT2D eigenvalue weighted by atomic mass is 9.65. The fourth-order valence-electron chi connectivity index (χ4n) is 4.69. The molecule has 0 radical (unpaired) electrons. The zero-order valence-electron chi connectivity index (χ0n) is 17.5. The number of hydrogen-bond donors (Lipinski definition) is 1. The Morgan fingerprint density at radius 2 is 2.10 bits per heavy atom. The van der Waals surface area contributed by atoms with Crippen molar-refractivity contribution >= 4 is 17.7 Å². The van der Waals surface area contributed by atoms with Gasteiger partial charge >= 0.3 is 11.9 Å². The van der Waals surface area contributed by atoms with Crippen LogP contribution in [-0.4, -0.2) is 41.1 Å². The van der Waals surface area contributed by atoms with Gasteiger partial charge in [-0.3, -0.25) is 14.4 Å². The first-order chi connectivity index (χ1) is 13.8. The fraction of sp³-hybridized carbons (Fsp3) is 0.696. The Labute approximate surface area is 172 Å². The van der Waals surface area contributed by atoms with Gasteiger partial charge in [-0.2, -0.15) is 0 Å². The zero-order valence-corrected chi connectivity index (χ0v) is 17.5. The molecule has 0 aromatic carbocycles. The van der Waals surface area contributed by atoms with Crippen LogP contribution in [0, 0.1) is 23.7 Å². The van der Waals surface area contributed by atoms with E-state index in [0.29, 0.717) is 25.7 Å². The number of ether oxygens (including phenoxy) is 2. The van der Waals surface area contributed by atoms with Gasteiger partial charge in [0.05, 0.1) is 18.4 Å². The highest BCUT2D eigenvalue weighted by atomic mass is 16.5. The zero-order chi connectivity index (χ0) is 21.1. The average Bonchev–Trinajstić information content (AvgIpc) is 2.67. The summed E-state index contributed by atoms with van der Waals surface area (Å²) in [6.45, 7) is 5.75. The van der Waals surface area contributed by atoms with Crippen molar-refractivity contribution in [3.63, 3.8) is 0 Å². The molecule has 29 heavy (non-hydrogen) atoms. The van der Waals surface area contributed by atoms with Gasteiger partial charge in [-0.25, -0.2) is 0 Å². The van der Waals surface area contributed by atoms with Gasteiger partial charge in [0, 0.05) is 24.7 Å². The molecule has 0 aromatic rings. The largest absolute Gasteiger partial charge is 0.462 e. The minimum Gasteiger partial charge on any atom is -0.462 e. The molecule has 2 aliphatic carbocycles. The maximum Gasteiger partial charge on any atom is 0.308 e. The lowest BCUT2D eigenvalue weighted by Crippen LogP contribution is -2.43. The average molecular weight is 405 g/mol. The molecular weight excluding hydrogens is 372 g/mol. The van der Waals surface area contributed by atoms with Gasteiger partial charge in [-0.05, 0) is 36.8 Å². The molecule has 6 nitrogen and oxygen atoms in total. The summed E-state index contributed by atoms with van der Waals surface area (Å²) in [7, 11) is 0. The number of allylic oxidation sites excluding steroid dienone is 2. The second kappa shape index (κ2) is 9.24. The molecule has 1 aliphatic heterocycles. The van der Waals surface area contributed by atoms with Crippen molar-refractivity contribution in [2.75, 3.05) is 0 Å². The topological polar surface area (TPSA) is 89.9 Å². The van der Waals surface area contributed by atoms with Gasteiger partial charge in [-0.15, -0.1) is 0 Å². The minimum atomic E-state index is -0.663. The van der Waals surface area contributed by atoms with Crippen LogP contribution in [0.15, 0.2) is 23.8 Å².